The van der Waals surface area contributed by atoms with Gasteiger partial charge in [0.2, 0.25) is 5.91 Å². The number of amides is 1. The highest BCUT2D eigenvalue weighted by Gasteiger charge is 2.52. The summed E-state index contributed by atoms with van der Waals surface area (Å²) in [5.74, 6) is -1.08. The fourth-order valence-corrected chi connectivity index (χ4v) is 2.02. The molecule has 0 aromatic rings. The van der Waals surface area contributed by atoms with Crippen molar-refractivity contribution in [1.29, 1.82) is 0 Å². The summed E-state index contributed by atoms with van der Waals surface area (Å²) in [6.45, 7) is 7.63. The molecule has 1 atom stereocenters. The molecular weight excluding hydrogens is 206 g/mol. The summed E-state index contributed by atoms with van der Waals surface area (Å²) in [5, 5.41) is 11.9. The number of carboxylic acid groups (broad SMARTS) is 1. The van der Waals surface area contributed by atoms with Crippen molar-refractivity contribution < 1.29 is 14.7 Å². The van der Waals surface area contributed by atoms with Gasteiger partial charge in [0.1, 0.15) is 5.54 Å². The van der Waals surface area contributed by atoms with Gasteiger partial charge in [-0.15, -0.1) is 0 Å². The van der Waals surface area contributed by atoms with E-state index in [0.29, 0.717) is 12.8 Å². The third kappa shape index (κ3) is 2.20. The molecule has 4 heteroatoms. The van der Waals surface area contributed by atoms with Gasteiger partial charge in [0.25, 0.3) is 0 Å². The number of rotatable bonds is 5. The Kier molecular flexibility index (Phi) is 3.31. The van der Waals surface area contributed by atoms with Crippen LogP contribution >= 0.6 is 0 Å². The molecule has 0 spiro atoms. The third-order valence-corrected chi connectivity index (χ3v) is 3.81. The van der Waals surface area contributed by atoms with E-state index in [-0.39, 0.29) is 17.2 Å². The van der Waals surface area contributed by atoms with Crippen molar-refractivity contribution in [3.63, 3.8) is 0 Å². The van der Waals surface area contributed by atoms with E-state index in [1.54, 1.807) is 13.8 Å². The van der Waals surface area contributed by atoms with Crippen LogP contribution in [0, 0.1) is 11.3 Å². The van der Waals surface area contributed by atoms with E-state index in [1.807, 2.05) is 13.8 Å². The molecule has 0 bridgehead atoms. The van der Waals surface area contributed by atoms with Crippen molar-refractivity contribution in [2.24, 2.45) is 11.3 Å². The van der Waals surface area contributed by atoms with Crippen LogP contribution in [0.4, 0.5) is 0 Å². The van der Waals surface area contributed by atoms with Crippen LogP contribution in [0.1, 0.15) is 47.0 Å². The van der Waals surface area contributed by atoms with E-state index in [2.05, 4.69) is 5.32 Å². The Hall–Kier alpha value is -1.06. The minimum Gasteiger partial charge on any atom is -0.480 e. The zero-order valence-electron chi connectivity index (χ0n) is 10.5. The first-order valence-corrected chi connectivity index (χ1v) is 5.84. The minimum atomic E-state index is -1.09. The highest BCUT2D eigenvalue weighted by atomic mass is 16.4. The predicted octanol–water partition coefficient (Wildman–Crippen LogP) is 1.79. The molecule has 1 unspecified atom stereocenters. The lowest BCUT2D eigenvalue weighted by Gasteiger charge is -2.28. The Balaban J connectivity index is 2.70. The Labute approximate surface area is 96.4 Å². The average Bonchev–Trinajstić information content (AvgIpc) is 2.84. The van der Waals surface area contributed by atoms with Crippen molar-refractivity contribution in [2.45, 2.75) is 52.5 Å². The zero-order valence-corrected chi connectivity index (χ0v) is 10.5. The van der Waals surface area contributed by atoms with Gasteiger partial charge in [0, 0.05) is 5.92 Å². The molecule has 0 aromatic carbocycles. The highest BCUT2D eigenvalue weighted by molar-refractivity contribution is 5.89. The largest absolute Gasteiger partial charge is 0.480 e. The van der Waals surface area contributed by atoms with Crippen molar-refractivity contribution in [3.05, 3.63) is 0 Å². The predicted molar refractivity (Wildman–Crippen MR) is 61.0 cm³/mol. The number of nitrogens with one attached hydrogen (secondary N) is 1. The first kappa shape index (κ1) is 13.0. The highest BCUT2D eigenvalue weighted by Crippen LogP contribution is 2.51. The fourth-order valence-electron chi connectivity index (χ4n) is 2.02. The zero-order chi connectivity index (χ0) is 12.6. The molecule has 1 aliphatic rings. The maximum atomic E-state index is 11.9. The summed E-state index contributed by atoms with van der Waals surface area (Å²) >= 11 is 0. The van der Waals surface area contributed by atoms with Crippen LogP contribution in [0.25, 0.3) is 0 Å². The van der Waals surface area contributed by atoms with Crippen LogP contribution in [0.3, 0.4) is 0 Å². The van der Waals surface area contributed by atoms with E-state index >= 15 is 0 Å². The molecule has 0 heterocycles. The summed E-state index contributed by atoms with van der Waals surface area (Å²) in [5.41, 5.74) is -1.05. The first-order valence-electron chi connectivity index (χ1n) is 5.84. The number of carbonyl (C=O) groups excluding carboxylic acids is 1. The molecule has 1 saturated carbocycles. The Morgan fingerprint density at radius 3 is 2.06 bits per heavy atom. The van der Waals surface area contributed by atoms with Crippen LogP contribution in [-0.2, 0) is 9.59 Å². The molecule has 1 aliphatic carbocycles. The van der Waals surface area contributed by atoms with Crippen LogP contribution in [0.2, 0.25) is 0 Å². The molecule has 1 rings (SSSR count). The van der Waals surface area contributed by atoms with Crippen molar-refractivity contribution in [2.75, 3.05) is 0 Å². The van der Waals surface area contributed by atoms with Crippen LogP contribution < -0.4 is 5.32 Å². The van der Waals surface area contributed by atoms with Gasteiger partial charge in [-0.2, -0.15) is 0 Å². The van der Waals surface area contributed by atoms with E-state index in [0.717, 1.165) is 6.42 Å². The van der Waals surface area contributed by atoms with E-state index < -0.39 is 11.5 Å². The molecular formula is C12H21NO3. The lowest BCUT2D eigenvalue weighted by atomic mass is 9.92. The monoisotopic (exact) mass is 227 g/mol. The molecule has 0 saturated heterocycles. The maximum absolute atomic E-state index is 11.9. The van der Waals surface area contributed by atoms with Gasteiger partial charge in [-0.25, -0.2) is 4.79 Å². The van der Waals surface area contributed by atoms with Gasteiger partial charge in [0.15, 0.2) is 0 Å². The smallest absolute Gasteiger partial charge is 0.329 e. The Morgan fingerprint density at radius 1 is 1.38 bits per heavy atom. The van der Waals surface area contributed by atoms with Gasteiger partial charge >= 0.3 is 5.97 Å². The molecule has 0 radical (unpaired) electrons. The number of aliphatic carboxylic acids is 1. The lowest BCUT2D eigenvalue weighted by Crippen LogP contribution is -2.54. The SMILES string of the molecule is CCC(CC)(NC(=O)C1CC1(C)C)C(=O)O. The van der Waals surface area contributed by atoms with Crippen molar-refractivity contribution >= 4 is 11.9 Å². The molecule has 92 valence electrons. The Bertz CT molecular complexity index is 305. The normalized spacial score (nSPS) is 22.6. The molecule has 2 N–H and O–H groups in total. The quantitative estimate of drug-likeness (QED) is 0.752. The van der Waals surface area contributed by atoms with Crippen LogP contribution in [-0.4, -0.2) is 22.5 Å². The van der Waals surface area contributed by atoms with Crippen molar-refractivity contribution in [1.82, 2.24) is 5.32 Å². The van der Waals surface area contributed by atoms with Crippen LogP contribution in [0.15, 0.2) is 0 Å². The van der Waals surface area contributed by atoms with Gasteiger partial charge in [0.05, 0.1) is 0 Å². The summed E-state index contributed by atoms with van der Waals surface area (Å²) in [6.07, 6.45) is 1.68. The van der Waals surface area contributed by atoms with E-state index in [9.17, 15) is 14.7 Å². The number of carbonyl (C=O) groups is 2. The lowest BCUT2D eigenvalue weighted by molar-refractivity contribution is -0.148. The number of hydrogen-bond donors (Lipinski definition) is 2. The van der Waals surface area contributed by atoms with E-state index in [1.165, 1.54) is 0 Å². The molecule has 0 aromatic heterocycles. The number of carboxylic acids is 1. The van der Waals surface area contributed by atoms with Gasteiger partial charge < -0.3 is 10.4 Å². The van der Waals surface area contributed by atoms with Gasteiger partial charge in [-0.1, -0.05) is 27.7 Å². The second-order valence-electron chi connectivity index (χ2n) is 5.33. The molecule has 0 aliphatic heterocycles. The summed E-state index contributed by atoms with van der Waals surface area (Å²) in [6, 6.07) is 0. The van der Waals surface area contributed by atoms with Crippen LogP contribution in [0.5, 0.6) is 0 Å². The maximum Gasteiger partial charge on any atom is 0.329 e. The van der Waals surface area contributed by atoms with Gasteiger partial charge in [-0.3, -0.25) is 4.79 Å². The molecule has 16 heavy (non-hydrogen) atoms. The molecule has 1 fully saturated rings. The van der Waals surface area contributed by atoms with E-state index in [4.69, 9.17) is 0 Å². The Morgan fingerprint density at radius 2 is 1.81 bits per heavy atom. The topological polar surface area (TPSA) is 66.4 Å². The first-order chi connectivity index (χ1) is 7.29. The average molecular weight is 227 g/mol. The fraction of sp³-hybridized carbons (Fsp3) is 0.833. The third-order valence-electron chi connectivity index (χ3n) is 3.81. The van der Waals surface area contributed by atoms with Gasteiger partial charge in [-0.05, 0) is 24.7 Å². The second kappa shape index (κ2) is 4.07. The summed E-state index contributed by atoms with van der Waals surface area (Å²) in [4.78, 5) is 23.1. The standard InChI is InChI=1S/C12H21NO3/c1-5-12(6-2,10(15)16)13-9(14)8-7-11(8,3)4/h8H,5-7H2,1-4H3,(H,13,14)(H,15,16). The van der Waals surface area contributed by atoms with Crippen molar-refractivity contribution in [3.8, 4) is 0 Å². The summed E-state index contributed by atoms with van der Waals surface area (Å²) in [7, 11) is 0. The molecule has 1 amide bonds. The minimum absolute atomic E-state index is 0.0238. The second-order valence-corrected chi connectivity index (χ2v) is 5.33. The number of hydrogen-bond acceptors (Lipinski definition) is 2. The molecule has 4 nitrogen and oxygen atoms in total. The summed E-state index contributed by atoms with van der Waals surface area (Å²) < 4.78 is 0.